The minimum absolute atomic E-state index is 0.0731. The van der Waals surface area contributed by atoms with E-state index in [0.717, 1.165) is 29.8 Å². The fourth-order valence-corrected chi connectivity index (χ4v) is 4.27. The molecule has 0 amide bonds. The van der Waals surface area contributed by atoms with E-state index in [-0.39, 0.29) is 17.9 Å². The Morgan fingerprint density at radius 1 is 1.22 bits per heavy atom. The lowest BCUT2D eigenvalue weighted by Crippen LogP contribution is -2.19. The summed E-state index contributed by atoms with van der Waals surface area (Å²) < 4.78 is 6.96. The molecule has 0 aliphatic rings. The minimum atomic E-state index is -0.111. The van der Waals surface area contributed by atoms with Gasteiger partial charge in [-0.2, -0.15) is 0 Å². The Morgan fingerprint density at radius 2 is 1.96 bits per heavy atom. The second kappa shape index (κ2) is 8.48. The monoisotopic (exact) mass is 384 g/mol. The van der Waals surface area contributed by atoms with Crippen molar-refractivity contribution in [2.45, 2.75) is 46.6 Å². The van der Waals surface area contributed by atoms with Gasteiger partial charge in [0.2, 0.25) is 0 Å². The van der Waals surface area contributed by atoms with Crippen molar-refractivity contribution in [2.24, 2.45) is 0 Å². The van der Waals surface area contributed by atoms with E-state index in [1.54, 1.807) is 0 Å². The van der Waals surface area contributed by atoms with E-state index in [1.807, 2.05) is 51.1 Å². The van der Waals surface area contributed by atoms with E-state index in [2.05, 4.69) is 4.98 Å². The van der Waals surface area contributed by atoms with Crippen molar-refractivity contribution in [1.29, 1.82) is 0 Å². The fraction of sp³-hybridized carbons (Fsp3) is 0.381. The number of ether oxygens (including phenoxy) is 1. The molecule has 0 spiro atoms. The number of aromatic nitrogens is 2. The number of nitrogens with zero attached hydrogens (tertiary/aromatic N) is 2. The van der Waals surface area contributed by atoms with Gasteiger partial charge >= 0.3 is 0 Å². The highest BCUT2D eigenvalue weighted by Gasteiger charge is 2.14. The first-order valence-electron chi connectivity index (χ1n) is 9.19. The van der Waals surface area contributed by atoms with Gasteiger partial charge in [0.25, 0.3) is 5.56 Å². The van der Waals surface area contributed by atoms with Crippen LogP contribution in [0.25, 0.3) is 10.2 Å². The van der Waals surface area contributed by atoms with Crippen LogP contribution in [0.3, 0.4) is 0 Å². The molecule has 0 radical (unpaired) electrons. The summed E-state index contributed by atoms with van der Waals surface area (Å²) in [6.07, 6.45) is 2.06. The Hall–Kier alpha value is -2.47. The van der Waals surface area contributed by atoms with Crippen LogP contribution < -0.4 is 10.3 Å². The summed E-state index contributed by atoms with van der Waals surface area (Å²) in [5.74, 6) is 0.935. The van der Waals surface area contributed by atoms with Crippen LogP contribution in [0.2, 0.25) is 0 Å². The lowest BCUT2D eigenvalue weighted by atomic mass is 10.1. The summed E-state index contributed by atoms with van der Waals surface area (Å²) in [6.45, 7) is 6.56. The maximum Gasteiger partial charge on any atom is 0.270 e. The number of carbonyl (C=O) groups is 1. The summed E-state index contributed by atoms with van der Waals surface area (Å²) in [6, 6.07) is 9.87. The third-order valence-corrected chi connectivity index (χ3v) is 5.41. The molecule has 0 N–H and O–H groups in total. The van der Waals surface area contributed by atoms with Crippen LogP contribution >= 0.6 is 11.5 Å². The molecular formula is C21H24N2O3S. The van der Waals surface area contributed by atoms with Gasteiger partial charge in [0.05, 0.1) is 18.5 Å². The fourth-order valence-electron chi connectivity index (χ4n) is 3.15. The summed E-state index contributed by atoms with van der Waals surface area (Å²) in [5.41, 5.74) is 2.87. The molecule has 142 valence electrons. The quantitative estimate of drug-likeness (QED) is 0.587. The Kier molecular flexibility index (Phi) is 6.06. The number of benzene rings is 1. The first-order chi connectivity index (χ1) is 13.0. The molecule has 3 aromatic rings. The summed E-state index contributed by atoms with van der Waals surface area (Å²) in [4.78, 5) is 30.0. The molecule has 1 aromatic carbocycles. The number of ketones is 1. The van der Waals surface area contributed by atoms with Gasteiger partial charge in [0.1, 0.15) is 10.6 Å². The highest BCUT2D eigenvalue weighted by molar-refractivity contribution is 7.13. The van der Waals surface area contributed by atoms with Crippen molar-refractivity contribution in [3.63, 3.8) is 0 Å². The largest absolute Gasteiger partial charge is 0.494 e. The molecule has 0 saturated heterocycles. The lowest BCUT2D eigenvalue weighted by molar-refractivity contribution is -0.119. The molecule has 3 rings (SSSR count). The molecule has 5 nitrogen and oxygen atoms in total. The third-order valence-electron chi connectivity index (χ3n) is 4.42. The van der Waals surface area contributed by atoms with Gasteiger partial charge in [-0.15, -0.1) is 0 Å². The molecule has 0 aliphatic carbocycles. The standard InChI is InChI=1S/C21H24N2O3S/c1-4-26-18-10-8-16(9-11-18)6-5-7-17(24)13-23-21(25)19-14(2)12-15(3)22-20(19)27-23/h8-12H,4-7,13H2,1-3H3. The molecule has 2 aromatic heterocycles. The van der Waals surface area contributed by atoms with Gasteiger partial charge in [0, 0.05) is 12.1 Å². The van der Waals surface area contributed by atoms with Crippen LogP contribution in [0, 0.1) is 13.8 Å². The number of rotatable bonds is 8. The van der Waals surface area contributed by atoms with Crippen molar-refractivity contribution in [3.05, 3.63) is 57.5 Å². The van der Waals surface area contributed by atoms with Gasteiger partial charge in [-0.05, 0) is 74.5 Å². The highest BCUT2D eigenvalue weighted by atomic mass is 32.1. The van der Waals surface area contributed by atoms with E-state index in [0.29, 0.717) is 23.2 Å². The SMILES string of the molecule is CCOc1ccc(CCCC(=O)Cn2sc3nc(C)cc(C)c3c2=O)cc1. The smallest absolute Gasteiger partial charge is 0.270 e. The van der Waals surface area contributed by atoms with E-state index in [4.69, 9.17) is 4.74 Å². The lowest BCUT2D eigenvalue weighted by Gasteiger charge is -2.05. The maximum absolute atomic E-state index is 12.5. The number of carbonyl (C=O) groups excluding carboxylic acids is 1. The molecule has 2 heterocycles. The zero-order valence-corrected chi connectivity index (χ0v) is 16.8. The average molecular weight is 385 g/mol. The average Bonchev–Trinajstić information content (AvgIpc) is 2.92. The predicted octanol–water partition coefficient (Wildman–Crippen LogP) is 4.07. The molecule has 0 bridgehead atoms. The molecule has 27 heavy (non-hydrogen) atoms. The van der Waals surface area contributed by atoms with Crippen LogP contribution in [0.1, 0.15) is 36.6 Å². The molecule has 6 heteroatoms. The van der Waals surface area contributed by atoms with E-state index >= 15 is 0 Å². The van der Waals surface area contributed by atoms with Gasteiger partial charge in [-0.3, -0.25) is 13.5 Å². The van der Waals surface area contributed by atoms with Crippen LogP contribution in [-0.2, 0) is 17.8 Å². The van der Waals surface area contributed by atoms with Crippen molar-refractivity contribution < 1.29 is 9.53 Å². The van der Waals surface area contributed by atoms with Gasteiger partial charge < -0.3 is 4.74 Å². The molecule has 0 unspecified atom stereocenters. The van der Waals surface area contributed by atoms with Crippen molar-refractivity contribution in [2.75, 3.05) is 6.61 Å². The van der Waals surface area contributed by atoms with Crippen LogP contribution in [0.5, 0.6) is 5.75 Å². The number of hydrogen-bond donors (Lipinski definition) is 0. The second-order valence-electron chi connectivity index (χ2n) is 6.66. The number of aryl methyl sites for hydroxylation is 3. The van der Waals surface area contributed by atoms with E-state index in [1.165, 1.54) is 21.1 Å². The number of pyridine rings is 1. The van der Waals surface area contributed by atoms with Crippen LogP contribution in [0.4, 0.5) is 0 Å². The van der Waals surface area contributed by atoms with Crippen LogP contribution in [0.15, 0.2) is 35.1 Å². The molecule has 0 saturated carbocycles. The highest BCUT2D eigenvalue weighted by Crippen LogP contribution is 2.19. The zero-order chi connectivity index (χ0) is 19.4. The minimum Gasteiger partial charge on any atom is -0.494 e. The number of hydrogen-bond acceptors (Lipinski definition) is 5. The van der Waals surface area contributed by atoms with Gasteiger partial charge in [-0.1, -0.05) is 12.1 Å². The van der Waals surface area contributed by atoms with E-state index in [9.17, 15) is 9.59 Å². The Balaban J connectivity index is 1.58. The third kappa shape index (κ3) is 4.63. The molecule has 0 aliphatic heterocycles. The topological polar surface area (TPSA) is 61.2 Å². The Bertz CT molecular complexity index is 1000. The summed E-state index contributed by atoms with van der Waals surface area (Å²) in [5, 5.41) is 0.632. The first kappa shape index (κ1) is 19.3. The van der Waals surface area contributed by atoms with Gasteiger partial charge in [-0.25, -0.2) is 4.98 Å². The zero-order valence-electron chi connectivity index (χ0n) is 15.9. The molecule has 0 atom stereocenters. The van der Waals surface area contributed by atoms with Gasteiger partial charge in [0.15, 0.2) is 5.78 Å². The number of fused-ring (bicyclic) bond motifs is 1. The van der Waals surface area contributed by atoms with Crippen molar-refractivity contribution in [3.8, 4) is 5.75 Å². The summed E-state index contributed by atoms with van der Waals surface area (Å²) >= 11 is 1.27. The van der Waals surface area contributed by atoms with Crippen molar-refractivity contribution in [1.82, 2.24) is 8.94 Å². The number of Topliss-reactive ketones (excluding diaryl/α,β-unsaturated/α-hetero) is 1. The molecular weight excluding hydrogens is 360 g/mol. The van der Waals surface area contributed by atoms with E-state index < -0.39 is 0 Å². The maximum atomic E-state index is 12.5. The Labute approximate surface area is 162 Å². The van der Waals surface area contributed by atoms with Crippen molar-refractivity contribution >= 4 is 27.5 Å². The summed E-state index contributed by atoms with van der Waals surface area (Å²) in [7, 11) is 0. The first-order valence-corrected chi connectivity index (χ1v) is 9.96. The normalized spacial score (nSPS) is 11.1. The molecule has 0 fully saturated rings. The van der Waals surface area contributed by atoms with Crippen LogP contribution in [-0.4, -0.2) is 21.3 Å². The second-order valence-corrected chi connectivity index (χ2v) is 7.67. The predicted molar refractivity (Wildman–Crippen MR) is 109 cm³/mol. The Morgan fingerprint density at radius 3 is 2.67 bits per heavy atom.